The van der Waals surface area contributed by atoms with Crippen LogP contribution < -0.4 is 5.32 Å². The van der Waals surface area contributed by atoms with E-state index in [4.69, 9.17) is 6.85 Å². The van der Waals surface area contributed by atoms with Crippen LogP contribution in [0.4, 0.5) is 11.4 Å². The van der Waals surface area contributed by atoms with Crippen LogP contribution in [0.5, 0.6) is 0 Å². The second-order valence-electron chi connectivity index (χ2n) is 7.63. The van der Waals surface area contributed by atoms with Crippen molar-refractivity contribution >= 4 is 11.4 Å². The van der Waals surface area contributed by atoms with Crippen molar-refractivity contribution in [2.75, 3.05) is 5.32 Å². The summed E-state index contributed by atoms with van der Waals surface area (Å²) in [4.78, 5) is 0. The highest BCUT2D eigenvalue weighted by atomic mass is 14.9. The van der Waals surface area contributed by atoms with E-state index in [0.717, 1.165) is 11.4 Å². The Balaban J connectivity index is 1.46. The van der Waals surface area contributed by atoms with Crippen LogP contribution in [0, 0.1) is 0 Å². The Kier molecular flexibility index (Phi) is 2.78. The van der Waals surface area contributed by atoms with Gasteiger partial charge in [0.1, 0.15) is 0 Å². The fourth-order valence-electron chi connectivity index (χ4n) is 4.06. The number of anilines is 2. The summed E-state index contributed by atoms with van der Waals surface area (Å²) < 4.78 is 39.9. The van der Waals surface area contributed by atoms with E-state index in [1.807, 2.05) is 12.1 Å². The van der Waals surface area contributed by atoms with Gasteiger partial charge in [-0.1, -0.05) is 86.5 Å². The molecule has 0 spiro atoms. The molecule has 1 aliphatic rings. The Labute approximate surface area is 173 Å². The molecule has 0 aliphatic heterocycles. The fourth-order valence-corrected chi connectivity index (χ4v) is 4.06. The third kappa shape index (κ3) is 2.71. The van der Waals surface area contributed by atoms with Crippen molar-refractivity contribution in [1.29, 1.82) is 0 Å². The summed E-state index contributed by atoms with van der Waals surface area (Å²) in [5, 5.41) is 3.44. The summed E-state index contributed by atoms with van der Waals surface area (Å²) >= 11 is 0. The number of hydrogen-bond acceptors (Lipinski definition) is 1. The minimum atomic E-state index is -0.381. The molecule has 1 nitrogen and oxygen atoms in total. The number of rotatable bonds is 3. The minimum Gasteiger partial charge on any atom is -0.356 e. The van der Waals surface area contributed by atoms with E-state index in [9.17, 15) is 0 Å². The summed E-state index contributed by atoms with van der Waals surface area (Å²) in [7, 11) is 0. The van der Waals surface area contributed by atoms with Crippen molar-refractivity contribution in [3.63, 3.8) is 0 Å². The first-order chi connectivity index (χ1) is 15.7. The van der Waals surface area contributed by atoms with Crippen LogP contribution in [0.25, 0.3) is 22.3 Å². The molecular formula is C27H23N. The molecule has 0 aromatic heterocycles. The molecule has 5 rings (SSSR count). The van der Waals surface area contributed by atoms with Crippen LogP contribution in [0.3, 0.4) is 0 Å². The lowest BCUT2D eigenvalue weighted by Crippen LogP contribution is -2.15. The molecule has 0 saturated carbocycles. The van der Waals surface area contributed by atoms with Crippen LogP contribution in [0.15, 0.2) is 96.9 Å². The van der Waals surface area contributed by atoms with Gasteiger partial charge in [-0.2, -0.15) is 0 Å². The van der Waals surface area contributed by atoms with Crippen LogP contribution in [-0.4, -0.2) is 0 Å². The summed E-state index contributed by atoms with van der Waals surface area (Å²) in [5.74, 6) is 0. The Morgan fingerprint density at radius 1 is 0.679 bits per heavy atom. The van der Waals surface area contributed by atoms with Crippen molar-refractivity contribution < 1.29 is 6.85 Å². The average Bonchev–Trinajstić information content (AvgIpc) is 3.04. The maximum absolute atomic E-state index is 8.18. The number of benzene rings is 4. The predicted octanol–water partition coefficient (Wildman–Crippen LogP) is 7.40. The molecule has 4 aromatic rings. The Morgan fingerprint density at radius 3 is 2.14 bits per heavy atom. The van der Waals surface area contributed by atoms with Crippen LogP contribution in [0.2, 0.25) is 0 Å². The minimum absolute atomic E-state index is 0.0749. The monoisotopic (exact) mass is 366 g/mol. The van der Waals surface area contributed by atoms with Gasteiger partial charge in [-0.25, -0.2) is 0 Å². The highest BCUT2D eigenvalue weighted by Crippen LogP contribution is 2.49. The molecular weight excluding hydrogens is 338 g/mol. The lowest BCUT2D eigenvalue weighted by Gasteiger charge is -2.22. The topological polar surface area (TPSA) is 12.0 Å². The van der Waals surface area contributed by atoms with Gasteiger partial charge in [-0.05, 0) is 57.6 Å². The van der Waals surface area contributed by atoms with E-state index in [-0.39, 0.29) is 41.2 Å². The normalized spacial score (nSPS) is 16.1. The summed E-state index contributed by atoms with van der Waals surface area (Å²) in [6.07, 6.45) is 0. The number of fused-ring (bicyclic) bond motifs is 3. The summed E-state index contributed by atoms with van der Waals surface area (Å²) in [6, 6.07) is 20.8. The SMILES string of the molecule is [2H]c1c([2H])c([2H])c(-c2ccc(Nc3ccc4c(c3)C(C)(C)c3ccccc3-4)cc2)c([2H])c1[2H]. The molecule has 0 amide bonds. The lowest BCUT2D eigenvalue weighted by atomic mass is 9.82. The largest absolute Gasteiger partial charge is 0.356 e. The van der Waals surface area contributed by atoms with Gasteiger partial charge in [0.2, 0.25) is 0 Å². The van der Waals surface area contributed by atoms with Crippen molar-refractivity contribution in [3.05, 3.63) is 108 Å². The van der Waals surface area contributed by atoms with Gasteiger partial charge >= 0.3 is 0 Å². The molecule has 136 valence electrons. The first-order valence-corrected chi connectivity index (χ1v) is 9.39. The van der Waals surface area contributed by atoms with E-state index in [1.54, 1.807) is 12.1 Å². The Morgan fingerprint density at radius 2 is 1.36 bits per heavy atom. The van der Waals surface area contributed by atoms with Crippen LogP contribution >= 0.6 is 0 Å². The highest BCUT2D eigenvalue weighted by Gasteiger charge is 2.35. The predicted molar refractivity (Wildman–Crippen MR) is 119 cm³/mol. The van der Waals surface area contributed by atoms with Crippen molar-refractivity contribution in [1.82, 2.24) is 0 Å². The van der Waals surface area contributed by atoms with Gasteiger partial charge < -0.3 is 5.32 Å². The van der Waals surface area contributed by atoms with E-state index < -0.39 is 0 Å². The third-order valence-corrected chi connectivity index (χ3v) is 5.55. The second kappa shape index (κ2) is 6.38. The van der Waals surface area contributed by atoms with Gasteiger partial charge in [0.25, 0.3) is 0 Å². The average molecular weight is 367 g/mol. The number of nitrogens with one attached hydrogen (secondary N) is 1. The van der Waals surface area contributed by atoms with E-state index in [1.165, 1.54) is 22.3 Å². The first-order valence-electron chi connectivity index (χ1n) is 11.9. The van der Waals surface area contributed by atoms with Crippen LogP contribution in [-0.2, 0) is 5.41 Å². The molecule has 4 aromatic carbocycles. The van der Waals surface area contributed by atoms with Gasteiger partial charge in [0.05, 0.1) is 6.85 Å². The summed E-state index contributed by atoms with van der Waals surface area (Å²) in [5.41, 5.74) is 7.72. The molecule has 1 N–H and O–H groups in total. The van der Waals surface area contributed by atoms with Gasteiger partial charge in [0, 0.05) is 16.8 Å². The maximum atomic E-state index is 8.18. The molecule has 1 heteroatoms. The molecule has 1 aliphatic carbocycles. The molecule has 0 radical (unpaired) electrons. The third-order valence-electron chi connectivity index (χ3n) is 5.55. The van der Waals surface area contributed by atoms with Crippen molar-refractivity contribution in [2.24, 2.45) is 0 Å². The maximum Gasteiger partial charge on any atom is 0.0629 e. The van der Waals surface area contributed by atoms with E-state index in [2.05, 4.69) is 61.6 Å². The van der Waals surface area contributed by atoms with Crippen molar-refractivity contribution in [2.45, 2.75) is 19.3 Å². The lowest BCUT2D eigenvalue weighted by molar-refractivity contribution is 0.660. The Bertz CT molecular complexity index is 1380. The standard InChI is InChI=1S/C27H23N/c1-27(2)25-11-7-6-10-23(25)24-17-16-22(18-26(24)27)28-21-14-12-20(13-15-21)19-8-4-3-5-9-19/h3-18,28H,1-2H3/i3D,4D,5D,8D,9D. The zero-order valence-electron chi connectivity index (χ0n) is 20.9. The number of hydrogen-bond donors (Lipinski definition) is 1. The second-order valence-corrected chi connectivity index (χ2v) is 7.63. The Hall–Kier alpha value is -3.32. The molecule has 0 unspecified atom stereocenters. The zero-order chi connectivity index (χ0) is 23.5. The molecule has 0 heterocycles. The molecule has 28 heavy (non-hydrogen) atoms. The fraction of sp³-hybridized carbons (Fsp3) is 0.111. The highest BCUT2D eigenvalue weighted by molar-refractivity contribution is 5.83. The summed E-state index contributed by atoms with van der Waals surface area (Å²) in [6.45, 7) is 4.49. The van der Waals surface area contributed by atoms with Gasteiger partial charge in [0.15, 0.2) is 0 Å². The molecule has 0 saturated heterocycles. The zero-order valence-corrected chi connectivity index (χ0v) is 15.9. The van der Waals surface area contributed by atoms with Gasteiger partial charge in [-0.3, -0.25) is 0 Å². The molecule has 0 bridgehead atoms. The van der Waals surface area contributed by atoms with Crippen LogP contribution in [0.1, 0.15) is 31.8 Å². The quantitative estimate of drug-likeness (QED) is 0.398. The first kappa shape index (κ1) is 12.2. The van der Waals surface area contributed by atoms with E-state index >= 15 is 0 Å². The molecule has 0 atom stereocenters. The van der Waals surface area contributed by atoms with E-state index in [0.29, 0.717) is 5.56 Å². The van der Waals surface area contributed by atoms with Gasteiger partial charge in [-0.15, -0.1) is 0 Å². The van der Waals surface area contributed by atoms with Crippen molar-refractivity contribution in [3.8, 4) is 22.3 Å². The smallest absolute Gasteiger partial charge is 0.0629 e. The molecule has 0 fully saturated rings.